The van der Waals surface area contributed by atoms with E-state index in [1.54, 1.807) is 7.11 Å². The van der Waals surface area contributed by atoms with Crippen LogP contribution in [0.1, 0.15) is 22.4 Å². The number of ether oxygens (including phenoxy) is 1. The Bertz CT molecular complexity index is 765. The van der Waals surface area contributed by atoms with Gasteiger partial charge in [0.2, 0.25) is 0 Å². The maximum absolute atomic E-state index is 5.46. The lowest BCUT2D eigenvalue weighted by Crippen LogP contribution is -2.00. The minimum absolute atomic E-state index is 0.752. The normalized spacial score (nSPS) is 10.7. The third-order valence-electron chi connectivity index (χ3n) is 3.99. The Balaban J connectivity index is 1.66. The molecule has 0 unspecified atom stereocenters. The number of nitrogens with zero attached hydrogens (tertiary/aromatic N) is 3. The number of methoxy groups -OCH3 is 1. The molecule has 1 heterocycles. The van der Waals surface area contributed by atoms with E-state index in [4.69, 9.17) is 4.74 Å². The molecule has 118 valence electrons. The summed E-state index contributed by atoms with van der Waals surface area (Å²) in [5.41, 5.74) is 4.73. The van der Waals surface area contributed by atoms with Crippen LogP contribution < -0.4 is 4.74 Å². The Morgan fingerprint density at radius 1 is 1.00 bits per heavy atom. The molecule has 0 aliphatic rings. The van der Waals surface area contributed by atoms with E-state index in [0.29, 0.717) is 0 Å². The van der Waals surface area contributed by atoms with Crippen molar-refractivity contribution < 1.29 is 4.74 Å². The van der Waals surface area contributed by atoms with Gasteiger partial charge in [0.25, 0.3) is 0 Å². The van der Waals surface area contributed by atoms with Gasteiger partial charge in [-0.3, -0.25) is 0 Å². The molecule has 4 heteroatoms. The molecule has 0 N–H and O–H groups in total. The highest BCUT2D eigenvalue weighted by Crippen LogP contribution is 2.23. The Labute approximate surface area is 136 Å². The molecule has 0 aliphatic heterocycles. The molecule has 3 aromatic rings. The van der Waals surface area contributed by atoms with Crippen molar-refractivity contribution in [3.63, 3.8) is 0 Å². The topological polar surface area (TPSA) is 39.9 Å². The maximum atomic E-state index is 5.46. The maximum Gasteiger partial charge on any atom is 0.122 e. The van der Waals surface area contributed by atoms with E-state index in [-0.39, 0.29) is 0 Å². The Kier molecular flexibility index (Phi) is 4.71. The fourth-order valence-corrected chi connectivity index (χ4v) is 2.74. The second-order valence-corrected chi connectivity index (χ2v) is 5.65. The van der Waals surface area contributed by atoms with E-state index in [9.17, 15) is 0 Å². The number of rotatable bonds is 6. The number of aromatic nitrogens is 3. The van der Waals surface area contributed by atoms with Gasteiger partial charge in [-0.1, -0.05) is 47.7 Å². The molecule has 4 nitrogen and oxygen atoms in total. The Morgan fingerprint density at radius 3 is 2.61 bits per heavy atom. The van der Waals surface area contributed by atoms with Crippen LogP contribution >= 0.6 is 0 Å². The summed E-state index contributed by atoms with van der Waals surface area (Å²) in [6.45, 7) is 2.87. The largest absolute Gasteiger partial charge is 0.496 e. The van der Waals surface area contributed by atoms with Gasteiger partial charge < -0.3 is 4.74 Å². The van der Waals surface area contributed by atoms with E-state index in [2.05, 4.69) is 35.4 Å². The average Bonchev–Trinajstić information content (AvgIpc) is 3.02. The smallest absolute Gasteiger partial charge is 0.122 e. The molecule has 2 aromatic carbocycles. The van der Waals surface area contributed by atoms with Crippen molar-refractivity contribution in [2.45, 2.75) is 26.3 Å². The van der Waals surface area contributed by atoms with Gasteiger partial charge in [-0.25, -0.2) is 4.68 Å². The van der Waals surface area contributed by atoms with Crippen molar-refractivity contribution in [2.24, 2.45) is 0 Å². The minimum atomic E-state index is 0.752. The fraction of sp³-hybridized carbons (Fsp3) is 0.263. The van der Waals surface area contributed by atoms with Crippen molar-refractivity contribution in [3.05, 3.63) is 77.1 Å². The van der Waals surface area contributed by atoms with E-state index in [1.807, 2.05) is 41.2 Å². The van der Waals surface area contributed by atoms with Crippen LogP contribution in [0.5, 0.6) is 5.75 Å². The second kappa shape index (κ2) is 7.09. The van der Waals surface area contributed by atoms with Crippen LogP contribution in [0.2, 0.25) is 0 Å². The first kappa shape index (κ1) is 15.3. The lowest BCUT2D eigenvalue weighted by Gasteiger charge is -2.10. The van der Waals surface area contributed by atoms with Crippen molar-refractivity contribution >= 4 is 0 Å². The zero-order valence-corrected chi connectivity index (χ0v) is 13.6. The van der Waals surface area contributed by atoms with Crippen molar-refractivity contribution in [3.8, 4) is 5.75 Å². The Hall–Kier alpha value is -2.62. The van der Waals surface area contributed by atoms with E-state index >= 15 is 0 Å². The van der Waals surface area contributed by atoms with Crippen LogP contribution in [0.3, 0.4) is 0 Å². The number of aryl methyl sites for hydroxylation is 2. The van der Waals surface area contributed by atoms with Crippen LogP contribution in [-0.2, 0) is 19.4 Å². The summed E-state index contributed by atoms with van der Waals surface area (Å²) in [5.74, 6) is 0.946. The zero-order valence-electron chi connectivity index (χ0n) is 13.6. The van der Waals surface area contributed by atoms with Gasteiger partial charge in [-0.15, -0.1) is 5.10 Å². The van der Waals surface area contributed by atoms with Crippen molar-refractivity contribution in [1.29, 1.82) is 0 Å². The molecule has 0 saturated carbocycles. The monoisotopic (exact) mass is 307 g/mol. The molecule has 0 bridgehead atoms. The third kappa shape index (κ3) is 3.77. The summed E-state index contributed by atoms with van der Waals surface area (Å²) in [6.07, 6.45) is 3.79. The Morgan fingerprint density at radius 2 is 1.83 bits per heavy atom. The lowest BCUT2D eigenvalue weighted by molar-refractivity contribution is 0.409. The summed E-state index contributed by atoms with van der Waals surface area (Å²) in [4.78, 5) is 0. The summed E-state index contributed by atoms with van der Waals surface area (Å²) in [6, 6.07) is 16.4. The van der Waals surface area contributed by atoms with Gasteiger partial charge in [-0.2, -0.15) is 0 Å². The van der Waals surface area contributed by atoms with Gasteiger partial charge in [0, 0.05) is 6.20 Å². The standard InChI is InChI=1S/C19H21N3O/c1-15-7-6-10-19(23-2)18(15)12-11-17-14-22(21-20-17)13-16-8-4-3-5-9-16/h3-10,14H,11-13H2,1-2H3. The highest BCUT2D eigenvalue weighted by atomic mass is 16.5. The highest BCUT2D eigenvalue weighted by Gasteiger charge is 2.08. The predicted molar refractivity (Wildman–Crippen MR) is 90.7 cm³/mol. The average molecular weight is 307 g/mol. The molecule has 0 aliphatic carbocycles. The molecule has 0 fully saturated rings. The van der Waals surface area contributed by atoms with Gasteiger partial charge in [0.05, 0.1) is 19.3 Å². The molecule has 3 rings (SSSR count). The summed E-state index contributed by atoms with van der Waals surface area (Å²) in [7, 11) is 1.72. The van der Waals surface area contributed by atoms with Crippen molar-refractivity contribution in [2.75, 3.05) is 7.11 Å². The predicted octanol–water partition coefficient (Wildman–Crippen LogP) is 3.43. The summed E-state index contributed by atoms with van der Waals surface area (Å²) < 4.78 is 7.35. The summed E-state index contributed by atoms with van der Waals surface area (Å²) >= 11 is 0. The van der Waals surface area contributed by atoms with Crippen LogP contribution in [-0.4, -0.2) is 22.1 Å². The third-order valence-corrected chi connectivity index (χ3v) is 3.99. The van der Waals surface area contributed by atoms with Crippen LogP contribution in [0.4, 0.5) is 0 Å². The first-order chi connectivity index (χ1) is 11.3. The van der Waals surface area contributed by atoms with E-state index in [0.717, 1.165) is 30.8 Å². The summed E-state index contributed by atoms with van der Waals surface area (Å²) in [5, 5.41) is 8.51. The van der Waals surface area contributed by atoms with E-state index in [1.165, 1.54) is 16.7 Å². The SMILES string of the molecule is COc1cccc(C)c1CCc1cn(Cc2ccccc2)nn1. The first-order valence-electron chi connectivity index (χ1n) is 7.81. The highest BCUT2D eigenvalue weighted by molar-refractivity contribution is 5.40. The first-order valence-corrected chi connectivity index (χ1v) is 7.81. The van der Waals surface area contributed by atoms with Crippen LogP contribution in [0.25, 0.3) is 0 Å². The quantitative estimate of drug-likeness (QED) is 0.700. The van der Waals surface area contributed by atoms with Gasteiger partial charge in [0.1, 0.15) is 5.75 Å². The van der Waals surface area contributed by atoms with E-state index < -0.39 is 0 Å². The number of hydrogen-bond donors (Lipinski definition) is 0. The molecule has 0 spiro atoms. The molecule has 23 heavy (non-hydrogen) atoms. The lowest BCUT2D eigenvalue weighted by atomic mass is 10.0. The minimum Gasteiger partial charge on any atom is -0.496 e. The molecule has 0 amide bonds. The number of hydrogen-bond acceptors (Lipinski definition) is 3. The van der Waals surface area contributed by atoms with Gasteiger partial charge in [0.15, 0.2) is 0 Å². The second-order valence-electron chi connectivity index (χ2n) is 5.65. The fourth-order valence-electron chi connectivity index (χ4n) is 2.74. The molecule has 0 atom stereocenters. The molecular formula is C19H21N3O. The molecule has 1 aromatic heterocycles. The van der Waals surface area contributed by atoms with Crippen molar-refractivity contribution in [1.82, 2.24) is 15.0 Å². The van der Waals surface area contributed by atoms with Gasteiger partial charge >= 0.3 is 0 Å². The molecule has 0 saturated heterocycles. The zero-order chi connectivity index (χ0) is 16.1. The number of benzene rings is 2. The van der Waals surface area contributed by atoms with Crippen LogP contribution in [0, 0.1) is 6.92 Å². The molecular weight excluding hydrogens is 286 g/mol. The van der Waals surface area contributed by atoms with Crippen LogP contribution in [0.15, 0.2) is 54.7 Å². The molecule has 0 radical (unpaired) electrons. The van der Waals surface area contributed by atoms with Gasteiger partial charge in [-0.05, 0) is 42.5 Å².